The van der Waals surface area contributed by atoms with Gasteiger partial charge in [0.15, 0.2) is 0 Å². The van der Waals surface area contributed by atoms with Crippen LogP contribution < -0.4 is 15.9 Å². The zero-order chi connectivity index (χ0) is 22.3. The summed E-state index contributed by atoms with van der Waals surface area (Å²) in [5, 5.41) is 11.0. The van der Waals surface area contributed by atoms with E-state index in [9.17, 15) is 4.79 Å². The third kappa shape index (κ3) is 5.43. The van der Waals surface area contributed by atoms with Crippen LogP contribution in [0.15, 0.2) is 72.8 Å². The first-order valence-corrected chi connectivity index (χ1v) is 12.4. The second-order valence-corrected chi connectivity index (χ2v) is 12.9. The maximum atomic E-state index is 11.1. The summed E-state index contributed by atoms with van der Waals surface area (Å²) >= 11 is 0. The molecule has 166 valence electrons. The van der Waals surface area contributed by atoms with E-state index in [1.807, 2.05) is 18.2 Å². The molecule has 0 saturated heterocycles. The van der Waals surface area contributed by atoms with E-state index < -0.39 is 20.5 Å². The van der Waals surface area contributed by atoms with Crippen LogP contribution in [-0.4, -0.2) is 45.0 Å². The fraction of sp³-hybridized carbons (Fsp3) is 0.375. The lowest BCUT2D eigenvalue weighted by molar-refractivity contribution is -0.0107. The van der Waals surface area contributed by atoms with Crippen LogP contribution in [0.25, 0.3) is 0 Å². The van der Waals surface area contributed by atoms with E-state index in [2.05, 4.69) is 69.3 Å². The quantitative estimate of drug-likeness (QED) is 0.298. The molecule has 0 fully saturated rings. The molecule has 1 aliphatic rings. The molecular weight excluding hydrogens is 410 g/mol. The van der Waals surface area contributed by atoms with Gasteiger partial charge >= 0.3 is 6.09 Å². The standard InChI is InChI=1S/C24H31NO5Si/c1-24(2,3)31(21-10-6-4-7-11-21,22-12-8-5-9-13-22)29-17-16-19-14-15-20(18-28-19)30-23(26)25-27/h4-15,19-20,27H,16-18H2,1-3H3,(H,25,26)/t19-,20+/m1/s1. The van der Waals surface area contributed by atoms with Crippen LogP contribution in [0.1, 0.15) is 27.2 Å². The molecule has 2 N–H and O–H groups in total. The number of ether oxygens (including phenoxy) is 2. The van der Waals surface area contributed by atoms with Gasteiger partial charge in [-0.25, -0.2) is 10.3 Å². The normalized spacial score (nSPS) is 19.1. The van der Waals surface area contributed by atoms with Crippen LogP contribution >= 0.6 is 0 Å². The van der Waals surface area contributed by atoms with Crippen molar-refractivity contribution in [2.75, 3.05) is 13.2 Å². The average Bonchev–Trinajstić information content (AvgIpc) is 2.78. The number of rotatable bonds is 7. The lowest BCUT2D eigenvalue weighted by Gasteiger charge is -2.43. The first kappa shape index (κ1) is 23.2. The van der Waals surface area contributed by atoms with Crippen LogP contribution in [-0.2, 0) is 13.9 Å². The monoisotopic (exact) mass is 441 g/mol. The Labute approximate surface area is 184 Å². The van der Waals surface area contributed by atoms with Gasteiger partial charge in [-0.2, -0.15) is 0 Å². The van der Waals surface area contributed by atoms with Gasteiger partial charge in [-0.15, -0.1) is 0 Å². The summed E-state index contributed by atoms with van der Waals surface area (Å²) in [6, 6.07) is 21.1. The third-order valence-corrected chi connectivity index (χ3v) is 10.5. The van der Waals surface area contributed by atoms with Crippen LogP contribution in [0.5, 0.6) is 0 Å². The molecule has 7 heteroatoms. The van der Waals surface area contributed by atoms with Gasteiger partial charge < -0.3 is 13.9 Å². The molecule has 0 saturated carbocycles. The predicted molar refractivity (Wildman–Crippen MR) is 122 cm³/mol. The maximum absolute atomic E-state index is 11.1. The summed E-state index contributed by atoms with van der Waals surface area (Å²) < 4.78 is 17.7. The Morgan fingerprint density at radius 2 is 1.65 bits per heavy atom. The molecule has 0 radical (unpaired) electrons. The van der Waals surface area contributed by atoms with E-state index in [-0.39, 0.29) is 17.7 Å². The van der Waals surface area contributed by atoms with Gasteiger partial charge in [0.1, 0.15) is 6.10 Å². The molecule has 2 aromatic carbocycles. The van der Waals surface area contributed by atoms with Crippen molar-refractivity contribution in [3.05, 3.63) is 72.8 Å². The molecule has 3 rings (SSSR count). The number of amides is 1. The van der Waals surface area contributed by atoms with Crippen molar-refractivity contribution in [2.24, 2.45) is 0 Å². The van der Waals surface area contributed by atoms with Gasteiger partial charge in [-0.1, -0.05) is 87.5 Å². The zero-order valence-electron chi connectivity index (χ0n) is 18.3. The average molecular weight is 442 g/mol. The molecule has 2 atom stereocenters. The highest BCUT2D eigenvalue weighted by atomic mass is 28.4. The van der Waals surface area contributed by atoms with Crippen LogP contribution in [0.4, 0.5) is 4.79 Å². The molecule has 0 aliphatic carbocycles. The Hall–Kier alpha value is -2.45. The van der Waals surface area contributed by atoms with Gasteiger partial charge in [0.05, 0.1) is 12.7 Å². The number of hydrogen-bond acceptors (Lipinski definition) is 5. The summed E-state index contributed by atoms with van der Waals surface area (Å²) in [7, 11) is -2.56. The molecular formula is C24H31NO5Si. The van der Waals surface area contributed by atoms with Crippen molar-refractivity contribution in [2.45, 2.75) is 44.4 Å². The van der Waals surface area contributed by atoms with Crippen LogP contribution in [0, 0.1) is 0 Å². The lowest BCUT2D eigenvalue weighted by Crippen LogP contribution is -2.66. The lowest BCUT2D eigenvalue weighted by atomic mass is 10.2. The topological polar surface area (TPSA) is 77.0 Å². The Bertz CT molecular complexity index is 827. The minimum atomic E-state index is -2.56. The molecule has 6 nitrogen and oxygen atoms in total. The Morgan fingerprint density at radius 3 is 2.10 bits per heavy atom. The highest BCUT2D eigenvalue weighted by Gasteiger charge is 2.50. The largest absolute Gasteiger partial charge is 0.438 e. The first-order chi connectivity index (χ1) is 14.9. The molecule has 2 aromatic rings. The Kier molecular flexibility index (Phi) is 7.67. The van der Waals surface area contributed by atoms with Gasteiger partial charge in [-0.05, 0) is 27.9 Å². The fourth-order valence-electron chi connectivity index (χ4n) is 4.08. The van der Waals surface area contributed by atoms with Crippen LogP contribution in [0.2, 0.25) is 5.04 Å². The smallest absolute Gasteiger partial charge is 0.431 e. The third-order valence-electron chi connectivity index (χ3n) is 5.50. The minimum absolute atomic E-state index is 0.0738. The molecule has 0 aromatic heterocycles. The number of benzene rings is 2. The number of nitrogens with one attached hydrogen (secondary N) is 1. The molecule has 31 heavy (non-hydrogen) atoms. The van der Waals surface area contributed by atoms with Crippen molar-refractivity contribution in [3.63, 3.8) is 0 Å². The molecule has 1 amide bonds. The fourth-order valence-corrected chi connectivity index (χ4v) is 8.66. The molecule has 1 aliphatic heterocycles. The van der Waals surface area contributed by atoms with E-state index in [1.165, 1.54) is 15.9 Å². The van der Waals surface area contributed by atoms with Crippen molar-refractivity contribution >= 4 is 24.8 Å². The van der Waals surface area contributed by atoms with Gasteiger partial charge in [0, 0.05) is 6.61 Å². The second kappa shape index (κ2) is 10.2. The second-order valence-electron chi connectivity index (χ2n) is 8.61. The highest BCUT2D eigenvalue weighted by Crippen LogP contribution is 2.36. The molecule has 0 bridgehead atoms. The van der Waals surface area contributed by atoms with Gasteiger partial charge in [0.25, 0.3) is 8.32 Å². The Morgan fingerprint density at radius 1 is 1.06 bits per heavy atom. The summed E-state index contributed by atoms with van der Waals surface area (Å²) in [5.41, 5.74) is 1.45. The number of hydroxylamine groups is 1. The van der Waals surface area contributed by atoms with Crippen molar-refractivity contribution in [1.29, 1.82) is 0 Å². The van der Waals surface area contributed by atoms with E-state index in [0.717, 1.165) is 0 Å². The van der Waals surface area contributed by atoms with Crippen molar-refractivity contribution < 1.29 is 23.9 Å². The maximum Gasteiger partial charge on any atom is 0.431 e. The molecule has 0 unspecified atom stereocenters. The SMILES string of the molecule is CC(C)(C)[Si](OCC[C@H]1C=C[C@H](OC(=O)NO)CO1)(c1ccccc1)c1ccccc1. The first-order valence-electron chi connectivity index (χ1n) is 10.5. The molecule has 1 heterocycles. The summed E-state index contributed by atoms with van der Waals surface area (Å²) in [5.74, 6) is 0. The van der Waals surface area contributed by atoms with Gasteiger partial charge in [-0.3, -0.25) is 5.21 Å². The van der Waals surface area contributed by atoms with E-state index in [1.54, 1.807) is 6.08 Å². The van der Waals surface area contributed by atoms with Gasteiger partial charge in [0.2, 0.25) is 0 Å². The number of carbonyl (C=O) groups excluding carboxylic acids is 1. The molecule has 0 spiro atoms. The predicted octanol–water partition coefficient (Wildman–Crippen LogP) is 3.39. The minimum Gasteiger partial charge on any atom is -0.438 e. The van der Waals surface area contributed by atoms with E-state index >= 15 is 0 Å². The van der Waals surface area contributed by atoms with Crippen molar-refractivity contribution in [1.82, 2.24) is 5.48 Å². The highest BCUT2D eigenvalue weighted by molar-refractivity contribution is 6.99. The summed E-state index contributed by atoms with van der Waals surface area (Å²) in [6.07, 6.45) is 2.84. The van der Waals surface area contributed by atoms with E-state index in [0.29, 0.717) is 13.0 Å². The summed E-state index contributed by atoms with van der Waals surface area (Å²) in [4.78, 5) is 11.1. The number of hydrogen-bond donors (Lipinski definition) is 2. The number of carbonyl (C=O) groups is 1. The zero-order valence-corrected chi connectivity index (χ0v) is 19.3. The van der Waals surface area contributed by atoms with Crippen molar-refractivity contribution in [3.8, 4) is 0 Å². The summed E-state index contributed by atoms with van der Waals surface area (Å²) in [6.45, 7) is 7.55. The van der Waals surface area contributed by atoms with Crippen LogP contribution in [0.3, 0.4) is 0 Å². The Balaban J connectivity index is 1.77. The van der Waals surface area contributed by atoms with E-state index in [4.69, 9.17) is 19.1 Å².